The number of carbonyl (C=O) groups is 1. The summed E-state index contributed by atoms with van der Waals surface area (Å²) in [5, 5.41) is 12.8. The van der Waals surface area contributed by atoms with Gasteiger partial charge in [0.1, 0.15) is 12.0 Å². The summed E-state index contributed by atoms with van der Waals surface area (Å²) in [5.41, 5.74) is 4.65. The molecule has 3 rings (SSSR count). The van der Waals surface area contributed by atoms with E-state index in [1.807, 2.05) is 30.5 Å². The lowest BCUT2D eigenvalue weighted by Crippen LogP contribution is -2.06. The molecule has 0 aliphatic carbocycles. The highest BCUT2D eigenvalue weighted by atomic mass is 16.5. The smallest absolute Gasteiger partial charge is 0.305 e. The highest BCUT2D eigenvalue weighted by molar-refractivity contribution is 5.82. The molecule has 0 unspecified atom stereocenters. The molecule has 6 heteroatoms. The predicted octanol–water partition coefficient (Wildman–Crippen LogP) is 2.78. The Kier molecular flexibility index (Phi) is 3.21. The highest BCUT2D eigenvalue weighted by Crippen LogP contribution is 2.26. The Morgan fingerprint density at radius 1 is 1.33 bits per heavy atom. The lowest BCUT2D eigenvalue weighted by Gasteiger charge is -2.07. The van der Waals surface area contributed by atoms with Gasteiger partial charge in [0.15, 0.2) is 5.82 Å². The van der Waals surface area contributed by atoms with Crippen LogP contribution in [0.3, 0.4) is 0 Å². The van der Waals surface area contributed by atoms with Crippen LogP contribution in [0.4, 0.5) is 0 Å². The fourth-order valence-corrected chi connectivity index (χ4v) is 2.34. The molecule has 21 heavy (non-hydrogen) atoms. The number of rotatable bonds is 4. The zero-order valence-corrected chi connectivity index (χ0v) is 11.8. The lowest BCUT2D eigenvalue weighted by atomic mass is 10.1. The number of hydrogen-bond donors (Lipinski definition) is 1. The van der Waals surface area contributed by atoms with Crippen LogP contribution in [0.5, 0.6) is 0 Å². The SMILES string of the molecule is Cc1cc2nc(-c3ccon3)n(CCC(=O)O)c2cc1C. The first-order valence-electron chi connectivity index (χ1n) is 6.66. The summed E-state index contributed by atoms with van der Waals surface area (Å²) in [7, 11) is 0. The van der Waals surface area contributed by atoms with E-state index in [0.29, 0.717) is 18.1 Å². The first-order valence-corrected chi connectivity index (χ1v) is 6.66. The minimum absolute atomic E-state index is 0.0310. The van der Waals surface area contributed by atoms with Gasteiger partial charge < -0.3 is 14.2 Å². The van der Waals surface area contributed by atoms with E-state index in [4.69, 9.17) is 9.63 Å². The van der Waals surface area contributed by atoms with Crippen LogP contribution in [0, 0.1) is 13.8 Å². The van der Waals surface area contributed by atoms with E-state index in [-0.39, 0.29) is 6.42 Å². The Hall–Kier alpha value is -2.63. The normalized spacial score (nSPS) is 11.1. The van der Waals surface area contributed by atoms with Crippen molar-refractivity contribution < 1.29 is 14.4 Å². The summed E-state index contributed by atoms with van der Waals surface area (Å²) in [6.07, 6.45) is 1.51. The van der Waals surface area contributed by atoms with Crippen molar-refractivity contribution in [2.24, 2.45) is 0 Å². The molecule has 1 aromatic carbocycles. The molecule has 3 aromatic rings. The van der Waals surface area contributed by atoms with E-state index in [1.54, 1.807) is 6.07 Å². The van der Waals surface area contributed by atoms with Gasteiger partial charge in [-0.25, -0.2) is 4.98 Å². The van der Waals surface area contributed by atoms with E-state index < -0.39 is 5.97 Å². The van der Waals surface area contributed by atoms with Crippen LogP contribution in [-0.2, 0) is 11.3 Å². The molecular formula is C15H15N3O3. The van der Waals surface area contributed by atoms with Crippen molar-refractivity contribution >= 4 is 17.0 Å². The molecule has 0 saturated heterocycles. The Labute approximate surface area is 121 Å². The maximum Gasteiger partial charge on any atom is 0.305 e. The molecule has 0 spiro atoms. The molecule has 0 aliphatic heterocycles. The first-order chi connectivity index (χ1) is 10.1. The quantitative estimate of drug-likeness (QED) is 0.797. The predicted molar refractivity (Wildman–Crippen MR) is 77.0 cm³/mol. The second kappa shape index (κ2) is 5.05. The monoisotopic (exact) mass is 285 g/mol. The van der Waals surface area contributed by atoms with E-state index in [2.05, 4.69) is 10.1 Å². The zero-order chi connectivity index (χ0) is 15.0. The standard InChI is InChI=1S/C15H15N3O3/c1-9-7-12-13(8-10(9)2)18(5-3-14(19)20)15(16-12)11-4-6-21-17-11/h4,6-8H,3,5H2,1-2H3,(H,19,20). The van der Waals surface area contributed by atoms with Crippen LogP contribution in [0.2, 0.25) is 0 Å². The van der Waals surface area contributed by atoms with Crippen LogP contribution >= 0.6 is 0 Å². The van der Waals surface area contributed by atoms with Crippen LogP contribution in [-0.4, -0.2) is 25.8 Å². The van der Waals surface area contributed by atoms with Gasteiger partial charge in [0.25, 0.3) is 0 Å². The van der Waals surface area contributed by atoms with Crippen molar-refractivity contribution in [1.29, 1.82) is 0 Å². The third kappa shape index (κ3) is 2.40. The van der Waals surface area contributed by atoms with Gasteiger partial charge >= 0.3 is 5.97 Å². The number of fused-ring (bicyclic) bond motifs is 1. The summed E-state index contributed by atoms with van der Waals surface area (Å²) in [6.45, 7) is 4.40. The molecule has 0 bridgehead atoms. The van der Waals surface area contributed by atoms with Crippen molar-refractivity contribution in [2.75, 3.05) is 0 Å². The molecule has 2 heterocycles. The number of aromatic nitrogens is 3. The largest absolute Gasteiger partial charge is 0.481 e. The van der Waals surface area contributed by atoms with Crippen molar-refractivity contribution in [2.45, 2.75) is 26.8 Å². The van der Waals surface area contributed by atoms with Crippen molar-refractivity contribution in [3.8, 4) is 11.5 Å². The van der Waals surface area contributed by atoms with E-state index in [0.717, 1.165) is 22.2 Å². The minimum atomic E-state index is -0.841. The number of carboxylic acid groups (broad SMARTS) is 1. The summed E-state index contributed by atoms with van der Waals surface area (Å²) in [6, 6.07) is 5.76. The maximum absolute atomic E-state index is 10.9. The summed E-state index contributed by atoms with van der Waals surface area (Å²) in [4.78, 5) is 15.5. The van der Waals surface area contributed by atoms with E-state index in [9.17, 15) is 4.79 Å². The van der Waals surface area contributed by atoms with Crippen LogP contribution in [0.1, 0.15) is 17.5 Å². The van der Waals surface area contributed by atoms with Crippen molar-refractivity contribution in [1.82, 2.24) is 14.7 Å². The molecular weight excluding hydrogens is 270 g/mol. The number of nitrogens with zero attached hydrogens (tertiary/aromatic N) is 3. The van der Waals surface area contributed by atoms with Crippen LogP contribution < -0.4 is 0 Å². The molecule has 6 nitrogen and oxygen atoms in total. The molecule has 0 radical (unpaired) electrons. The van der Waals surface area contributed by atoms with Gasteiger partial charge in [0.05, 0.1) is 17.5 Å². The second-order valence-corrected chi connectivity index (χ2v) is 5.04. The summed E-state index contributed by atoms with van der Waals surface area (Å²) >= 11 is 0. The lowest BCUT2D eigenvalue weighted by molar-refractivity contribution is -0.137. The summed E-state index contributed by atoms with van der Waals surface area (Å²) in [5.74, 6) is -0.211. The average molecular weight is 285 g/mol. The van der Waals surface area contributed by atoms with Gasteiger partial charge in [-0.2, -0.15) is 0 Å². The molecule has 0 saturated carbocycles. The van der Waals surface area contributed by atoms with E-state index >= 15 is 0 Å². The van der Waals surface area contributed by atoms with Gasteiger partial charge in [-0.3, -0.25) is 4.79 Å². The van der Waals surface area contributed by atoms with Gasteiger partial charge in [-0.15, -0.1) is 0 Å². The zero-order valence-electron chi connectivity index (χ0n) is 11.8. The Morgan fingerprint density at radius 2 is 2.10 bits per heavy atom. The highest BCUT2D eigenvalue weighted by Gasteiger charge is 2.16. The molecule has 0 aliphatic rings. The molecule has 1 N–H and O–H groups in total. The minimum Gasteiger partial charge on any atom is -0.481 e. The third-order valence-corrected chi connectivity index (χ3v) is 3.58. The van der Waals surface area contributed by atoms with Gasteiger partial charge in [0, 0.05) is 12.6 Å². The number of hydrogen-bond acceptors (Lipinski definition) is 4. The number of imidazole rings is 1. The van der Waals surface area contributed by atoms with Crippen LogP contribution in [0.25, 0.3) is 22.6 Å². The fourth-order valence-electron chi connectivity index (χ4n) is 2.34. The molecule has 0 fully saturated rings. The third-order valence-electron chi connectivity index (χ3n) is 3.58. The van der Waals surface area contributed by atoms with Crippen molar-refractivity contribution in [3.05, 3.63) is 35.6 Å². The Balaban J connectivity index is 2.20. The Bertz CT molecular complexity index is 803. The van der Waals surface area contributed by atoms with Gasteiger partial charge in [0.2, 0.25) is 0 Å². The number of benzene rings is 1. The molecule has 0 amide bonds. The average Bonchev–Trinajstić information content (AvgIpc) is 3.04. The molecule has 2 aromatic heterocycles. The Morgan fingerprint density at radius 3 is 2.76 bits per heavy atom. The van der Waals surface area contributed by atoms with Gasteiger partial charge in [-0.05, 0) is 37.1 Å². The number of aliphatic carboxylic acids is 1. The first kappa shape index (κ1) is 13.4. The number of carboxylic acids is 1. The fraction of sp³-hybridized carbons (Fsp3) is 0.267. The number of aryl methyl sites for hydroxylation is 3. The molecule has 0 atom stereocenters. The second-order valence-electron chi connectivity index (χ2n) is 5.04. The topological polar surface area (TPSA) is 81.2 Å². The van der Waals surface area contributed by atoms with Gasteiger partial charge in [-0.1, -0.05) is 5.16 Å². The molecule has 108 valence electrons. The maximum atomic E-state index is 10.9. The van der Waals surface area contributed by atoms with Crippen LogP contribution in [0.15, 0.2) is 29.0 Å². The summed E-state index contributed by atoms with van der Waals surface area (Å²) < 4.78 is 6.76. The van der Waals surface area contributed by atoms with E-state index in [1.165, 1.54) is 6.26 Å². The van der Waals surface area contributed by atoms with Crippen molar-refractivity contribution in [3.63, 3.8) is 0 Å².